The zero-order chi connectivity index (χ0) is 18.7. The highest BCUT2D eigenvalue weighted by molar-refractivity contribution is 5.77. The molecule has 1 atom stereocenters. The van der Waals surface area contributed by atoms with Crippen LogP contribution >= 0.6 is 0 Å². The van der Waals surface area contributed by atoms with E-state index < -0.39 is 29.9 Å². The maximum atomic E-state index is 13.4. The number of alkyl halides is 3. The molecule has 0 saturated carbocycles. The van der Waals surface area contributed by atoms with E-state index in [0.717, 1.165) is 43.1 Å². The molecule has 0 unspecified atom stereocenters. The van der Waals surface area contributed by atoms with E-state index in [-0.39, 0.29) is 0 Å². The Morgan fingerprint density at radius 2 is 2.00 bits per heavy atom. The predicted octanol–water partition coefficient (Wildman–Crippen LogP) is 1.41. The number of likely N-dealkylation sites (tertiary alicyclic amines) is 1. The van der Waals surface area contributed by atoms with E-state index in [9.17, 15) is 23.1 Å². The van der Waals surface area contributed by atoms with Crippen LogP contribution in [0.5, 0.6) is 0 Å². The van der Waals surface area contributed by atoms with Crippen molar-refractivity contribution in [3.63, 3.8) is 0 Å². The first-order valence-corrected chi connectivity index (χ1v) is 8.35. The lowest BCUT2D eigenvalue weighted by Gasteiger charge is -2.30. The molecule has 1 aromatic rings. The van der Waals surface area contributed by atoms with Gasteiger partial charge in [-0.05, 0) is 45.3 Å². The first kappa shape index (κ1) is 19.7. The number of halogens is 3. The van der Waals surface area contributed by atoms with Gasteiger partial charge in [0.05, 0.1) is 6.42 Å². The van der Waals surface area contributed by atoms with E-state index in [0.29, 0.717) is 12.5 Å². The van der Waals surface area contributed by atoms with Crippen molar-refractivity contribution in [2.45, 2.75) is 37.5 Å². The van der Waals surface area contributed by atoms with Gasteiger partial charge in [-0.15, -0.1) is 0 Å². The normalized spacial score (nSPS) is 19.6. The highest BCUT2D eigenvalue weighted by Gasteiger charge is 2.58. The van der Waals surface area contributed by atoms with Gasteiger partial charge in [-0.2, -0.15) is 13.2 Å². The summed E-state index contributed by atoms with van der Waals surface area (Å²) in [7, 11) is 3.39. The molecule has 142 valence electrons. The number of piperidine rings is 1. The lowest BCUT2D eigenvalue weighted by atomic mass is 9.93. The lowest BCUT2D eigenvalue weighted by molar-refractivity contribution is -0.271. The minimum absolute atomic E-state index is 0.307. The fraction of sp³-hybridized carbons (Fsp3) is 0.750. The summed E-state index contributed by atoms with van der Waals surface area (Å²) in [4.78, 5) is 17.8. The van der Waals surface area contributed by atoms with E-state index in [1.165, 1.54) is 13.2 Å². The standard InChI is InChI=1S/C16H25F3N4O2/c1-22-8-4-12(5-9-22)3-6-20-13(24)11-15(25,16(17,18)19)14-21-7-10-23(14)2/h7,10,12,25H,3-6,8-9,11H2,1-2H3,(H,20,24)/t15-/m0/s1. The average Bonchev–Trinajstić information content (AvgIpc) is 2.94. The third kappa shape index (κ3) is 4.72. The molecule has 2 heterocycles. The highest BCUT2D eigenvalue weighted by atomic mass is 19.4. The minimum Gasteiger partial charge on any atom is -0.374 e. The molecule has 2 rings (SSSR count). The number of hydrogen-bond acceptors (Lipinski definition) is 4. The fourth-order valence-electron chi connectivity index (χ4n) is 3.13. The van der Waals surface area contributed by atoms with Gasteiger partial charge in [0.2, 0.25) is 11.5 Å². The van der Waals surface area contributed by atoms with Crippen LogP contribution in [0.3, 0.4) is 0 Å². The van der Waals surface area contributed by atoms with Crippen molar-refractivity contribution in [1.29, 1.82) is 0 Å². The largest absolute Gasteiger partial charge is 0.425 e. The molecule has 0 bridgehead atoms. The number of aliphatic hydroxyl groups is 1. The molecule has 0 aliphatic carbocycles. The zero-order valence-electron chi connectivity index (χ0n) is 14.5. The molecule has 0 spiro atoms. The van der Waals surface area contributed by atoms with Crippen molar-refractivity contribution < 1.29 is 23.1 Å². The Balaban J connectivity index is 1.91. The molecule has 1 saturated heterocycles. The van der Waals surface area contributed by atoms with Crippen molar-refractivity contribution in [3.05, 3.63) is 18.2 Å². The number of carbonyl (C=O) groups excluding carboxylic acids is 1. The van der Waals surface area contributed by atoms with E-state index in [1.54, 1.807) is 0 Å². The van der Waals surface area contributed by atoms with Crippen LogP contribution in [-0.4, -0.2) is 58.3 Å². The van der Waals surface area contributed by atoms with Gasteiger partial charge in [0.1, 0.15) is 0 Å². The van der Waals surface area contributed by atoms with Gasteiger partial charge in [0, 0.05) is 26.0 Å². The number of aromatic nitrogens is 2. The minimum atomic E-state index is -5.00. The van der Waals surface area contributed by atoms with Crippen molar-refractivity contribution in [2.24, 2.45) is 13.0 Å². The Morgan fingerprint density at radius 3 is 2.52 bits per heavy atom. The fourth-order valence-corrected chi connectivity index (χ4v) is 3.13. The summed E-state index contributed by atoms with van der Waals surface area (Å²) in [5.41, 5.74) is -3.30. The molecule has 6 nitrogen and oxygen atoms in total. The van der Waals surface area contributed by atoms with E-state index in [1.807, 2.05) is 7.05 Å². The molecule has 1 fully saturated rings. The molecule has 1 aliphatic rings. The first-order valence-electron chi connectivity index (χ1n) is 8.35. The summed E-state index contributed by atoms with van der Waals surface area (Å²) in [5, 5.41) is 12.7. The van der Waals surface area contributed by atoms with Crippen LogP contribution in [0.15, 0.2) is 12.4 Å². The van der Waals surface area contributed by atoms with Crippen molar-refractivity contribution in [1.82, 2.24) is 19.8 Å². The lowest BCUT2D eigenvalue weighted by Crippen LogP contribution is -2.48. The number of imidazole rings is 1. The average molecular weight is 362 g/mol. The van der Waals surface area contributed by atoms with E-state index >= 15 is 0 Å². The van der Waals surface area contributed by atoms with Crippen LogP contribution in [0.2, 0.25) is 0 Å². The smallest absolute Gasteiger partial charge is 0.374 e. The monoisotopic (exact) mass is 362 g/mol. The van der Waals surface area contributed by atoms with Crippen molar-refractivity contribution in [3.8, 4) is 0 Å². The Morgan fingerprint density at radius 1 is 1.36 bits per heavy atom. The van der Waals surface area contributed by atoms with Crippen LogP contribution in [0.1, 0.15) is 31.5 Å². The molecule has 0 aromatic carbocycles. The number of hydrogen-bond donors (Lipinski definition) is 2. The van der Waals surface area contributed by atoms with Crippen LogP contribution < -0.4 is 5.32 Å². The number of rotatable bonds is 6. The molecule has 25 heavy (non-hydrogen) atoms. The third-order valence-electron chi connectivity index (χ3n) is 4.79. The molecule has 1 aliphatic heterocycles. The topological polar surface area (TPSA) is 70.4 Å². The van der Waals surface area contributed by atoms with Gasteiger partial charge in [-0.3, -0.25) is 4.79 Å². The maximum absolute atomic E-state index is 13.4. The predicted molar refractivity (Wildman–Crippen MR) is 85.6 cm³/mol. The third-order valence-corrected chi connectivity index (χ3v) is 4.79. The number of amides is 1. The summed E-state index contributed by atoms with van der Waals surface area (Å²) in [6, 6.07) is 0. The highest BCUT2D eigenvalue weighted by Crippen LogP contribution is 2.40. The summed E-state index contributed by atoms with van der Waals surface area (Å²) >= 11 is 0. The summed E-state index contributed by atoms with van der Waals surface area (Å²) in [6.45, 7) is 2.29. The van der Waals surface area contributed by atoms with Crippen LogP contribution in [0, 0.1) is 5.92 Å². The molecular formula is C16H25F3N4O2. The number of nitrogens with one attached hydrogen (secondary N) is 1. The van der Waals surface area contributed by atoms with Gasteiger partial charge in [-0.1, -0.05) is 0 Å². The summed E-state index contributed by atoms with van der Waals surface area (Å²) < 4.78 is 41.2. The SMILES string of the molecule is CN1CCC(CCNC(=O)C[C@](O)(c2nccn2C)C(F)(F)F)CC1. The van der Waals surface area contributed by atoms with Gasteiger partial charge < -0.3 is 19.9 Å². The zero-order valence-corrected chi connectivity index (χ0v) is 14.5. The molecule has 2 N–H and O–H groups in total. The van der Waals surface area contributed by atoms with Gasteiger partial charge in [-0.25, -0.2) is 4.98 Å². The second-order valence-corrected chi connectivity index (χ2v) is 6.78. The van der Waals surface area contributed by atoms with Crippen LogP contribution in [0.4, 0.5) is 13.2 Å². The van der Waals surface area contributed by atoms with Gasteiger partial charge >= 0.3 is 6.18 Å². The number of carbonyl (C=O) groups is 1. The quantitative estimate of drug-likeness (QED) is 0.803. The Hall–Kier alpha value is -1.61. The molecule has 1 aromatic heterocycles. The Bertz CT molecular complexity index is 582. The molecular weight excluding hydrogens is 337 g/mol. The maximum Gasteiger partial charge on any atom is 0.425 e. The van der Waals surface area contributed by atoms with Gasteiger partial charge in [0.15, 0.2) is 5.82 Å². The van der Waals surface area contributed by atoms with Crippen molar-refractivity contribution >= 4 is 5.91 Å². The second-order valence-electron chi connectivity index (χ2n) is 6.78. The van der Waals surface area contributed by atoms with E-state index in [2.05, 4.69) is 15.2 Å². The second kappa shape index (κ2) is 7.74. The molecule has 1 amide bonds. The van der Waals surface area contributed by atoms with Crippen molar-refractivity contribution in [2.75, 3.05) is 26.7 Å². The Labute approximate surface area is 145 Å². The van der Waals surface area contributed by atoms with Crippen LogP contribution in [0.25, 0.3) is 0 Å². The summed E-state index contributed by atoms with van der Waals surface area (Å²) in [5.74, 6) is -0.964. The van der Waals surface area contributed by atoms with E-state index in [4.69, 9.17) is 0 Å². The van der Waals surface area contributed by atoms with Crippen LogP contribution in [-0.2, 0) is 17.4 Å². The summed E-state index contributed by atoms with van der Waals surface area (Å²) in [6.07, 6.45) is -0.884. The molecule has 0 radical (unpaired) electrons. The number of aryl methyl sites for hydroxylation is 1. The molecule has 9 heteroatoms. The van der Waals surface area contributed by atoms with Gasteiger partial charge in [0.25, 0.3) is 0 Å². The Kier molecular flexibility index (Phi) is 6.10. The first-order chi connectivity index (χ1) is 11.6. The number of nitrogens with zero attached hydrogens (tertiary/aromatic N) is 3.